The maximum Gasteiger partial charge on any atom is 0.222 e. The number of aliphatic hydroxyl groups excluding tert-OH is 9. The van der Waals surface area contributed by atoms with E-state index < -0.39 is 135 Å². The highest BCUT2D eigenvalue weighted by atomic mass is 16.7. The van der Waals surface area contributed by atoms with Crippen molar-refractivity contribution in [1.29, 1.82) is 0 Å². The van der Waals surface area contributed by atoms with Crippen molar-refractivity contribution in [3.8, 4) is 0 Å². The molecule has 16 atom stereocenters. The fraction of sp³-hybridized carbons (Fsp3) is 0.872. The summed E-state index contributed by atoms with van der Waals surface area (Å²) < 4.78 is 58.0. The van der Waals surface area contributed by atoms with Crippen LogP contribution >= 0.6 is 0 Å². The monoisotopic (exact) mass is 1620 g/mol. The van der Waals surface area contributed by atoms with Gasteiger partial charge in [-0.15, -0.1) is 0 Å². The van der Waals surface area contributed by atoms with Crippen molar-refractivity contribution < 1.29 is 141 Å². The normalized spacial score (nSPS) is 24.3. The number of carbonyl (C=O) groups is 10. The zero-order chi connectivity index (χ0) is 83.4. The largest absolute Gasteiger partial charge is 0.394 e. The van der Waals surface area contributed by atoms with Crippen LogP contribution in [0.5, 0.6) is 0 Å². The van der Waals surface area contributed by atoms with Gasteiger partial charge < -0.3 is 125 Å². The second-order valence-corrected chi connectivity index (χ2v) is 30.0. The van der Waals surface area contributed by atoms with E-state index in [4.69, 9.17) is 47.4 Å². The predicted molar refractivity (Wildman–Crippen MR) is 407 cm³/mol. The predicted octanol–water partition coefficient (Wildman–Crippen LogP) is 0.656. The van der Waals surface area contributed by atoms with Crippen LogP contribution in [0.4, 0.5) is 0 Å². The minimum Gasteiger partial charge on any atom is -0.394 e. The van der Waals surface area contributed by atoms with Gasteiger partial charge in [0.2, 0.25) is 35.4 Å². The van der Waals surface area contributed by atoms with Gasteiger partial charge in [-0.05, 0) is 104 Å². The van der Waals surface area contributed by atoms with Crippen molar-refractivity contribution >= 4 is 58.6 Å². The molecule has 3 aliphatic heterocycles. The summed E-state index contributed by atoms with van der Waals surface area (Å²) in [4.78, 5) is 128. The number of nitrogens with one attached hydrogen (secondary N) is 6. The summed E-state index contributed by atoms with van der Waals surface area (Å²) in [5, 5.41) is 107. The van der Waals surface area contributed by atoms with Gasteiger partial charge in [0.25, 0.3) is 0 Å². The zero-order valence-electron chi connectivity index (χ0n) is 67.5. The number of ketones is 4. The maximum absolute atomic E-state index is 14.0. The molecular weight excluding hydrogens is 1480 g/mol. The molecule has 3 fully saturated rings. The number of ether oxygens (including phenoxy) is 10. The molecule has 0 spiro atoms. The fourth-order valence-corrected chi connectivity index (χ4v) is 12.9. The Morgan fingerprint density at radius 3 is 1.11 bits per heavy atom. The van der Waals surface area contributed by atoms with Gasteiger partial charge in [0.1, 0.15) is 89.6 Å². The van der Waals surface area contributed by atoms with Crippen molar-refractivity contribution in [3.63, 3.8) is 0 Å². The molecule has 0 radical (unpaired) electrons. The summed E-state index contributed by atoms with van der Waals surface area (Å²) >= 11 is 0. The molecule has 113 heavy (non-hydrogen) atoms. The first-order valence-electron chi connectivity index (χ1n) is 40.9. The second kappa shape index (κ2) is 60.3. The van der Waals surface area contributed by atoms with Crippen molar-refractivity contribution in [2.24, 2.45) is 5.92 Å². The van der Waals surface area contributed by atoms with Crippen molar-refractivity contribution in [1.82, 2.24) is 31.9 Å². The minimum atomic E-state index is -1.46. The van der Waals surface area contributed by atoms with E-state index in [1.54, 1.807) is 6.92 Å². The van der Waals surface area contributed by atoms with E-state index in [1.807, 2.05) is 13.8 Å². The summed E-state index contributed by atoms with van der Waals surface area (Å²) in [7, 11) is 0. The quantitative estimate of drug-likeness (QED) is 0.0372. The summed E-state index contributed by atoms with van der Waals surface area (Å²) in [6.45, 7) is 7.65. The topological polar surface area (TPSA) is 517 Å². The van der Waals surface area contributed by atoms with Crippen LogP contribution in [0.3, 0.4) is 0 Å². The Labute approximate surface area is 665 Å². The van der Waals surface area contributed by atoms with E-state index in [-0.39, 0.29) is 184 Å². The number of amides is 6. The van der Waals surface area contributed by atoms with E-state index in [0.717, 1.165) is 25.7 Å². The number of hydrogen-bond donors (Lipinski definition) is 15. The SMILES string of the molecule is CC(=O)NC1[C@H](OCCCCC(=O)NCCCNC(=O)CCOCC(COCCC(=O)CCCCCC(=O)CCCCO[C@@H]2OC(CO)[C@H](O)[C@H](O)C2C)(COCCC(=O)CCCCCC(=O)CCCCO[C@@H]2OC(CO)[C@H](O)[C@H](O)C2NC(C)=O)NC(=O)CCCC(=O)NCCCCCCOC(C)C)OC(CO)C(O)[C@@H]1O. The zero-order valence-corrected chi connectivity index (χ0v) is 67.5. The third-order valence-electron chi connectivity index (χ3n) is 19.6. The van der Waals surface area contributed by atoms with Crippen molar-refractivity contribution in [3.05, 3.63) is 0 Å². The van der Waals surface area contributed by atoms with E-state index in [1.165, 1.54) is 13.8 Å². The molecule has 3 aliphatic rings. The number of aliphatic hydroxyl groups is 9. The van der Waals surface area contributed by atoms with Crippen LogP contribution in [0.25, 0.3) is 0 Å². The van der Waals surface area contributed by atoms with Gasteiger partial charge in [0, 0.05) is 143 Å². The molecule has 35 nitrogen and oxygen atoms in total. The lowest BCUT2D eigenvalue weighted by atomic mass is 9.92. The Hall–Kier alpha value is -5.26. The molecule has 654 valence electrons. The third kappa shape index (κ3) is 44.2. The lowest BCUT2D eigenvalue weighted by Crippen LogP contribution is -2.64. The first kappa shape index (κ1) is 102. The molecule has 0 aliphatic carbocycles. The molecular formula is C78H138N6O29. The summed E-state index contributed by atoms with van der Waals surface area (Å²) in [6, 6.07) is -2.16. The molecule has 3 rings (SSSR count). The van der Waals surface area contributed by atoms with Crippen LogP contribution in [-0.4, -0.2) is 308 Å². The summed E-state index contributed by atoms with van der Waals surface area (Å²) in [5.74, 6) is -2.85. The van der Waals surface area contributed by atoms with Crippen LogP contribution in [-0.2, 0) is 95.3 Å². The molecule has 0 bridgehead atoms. The van der Waals surface area contributed by atoms with Gasteiger partial charge >= 0.3 is 0 Å². The molecule has 0 saturated carbocycles. The number of carbonyl (C=O) groups excluding carboxylic acids is 10. The number of hydrogen-bond acceptors (Lipinski definition) is 29. The first-order valence-corrected chi connectivity index (χ1v) is 40.9. The highest BCUT2D eigenvalue weighted by molar-refractivity contribution is 5.81. The Bertz CT molecular complexity index is 2600. The lowest BCUT2D eigenvalue weighted by molar-refractivity contribution is -0.282. The molecule has 6 amide bonds. The Kier molecular flexibility index (Phi) is 54.3. The van der Waals surface area contributed by atoms with Gasteiger partial charge in [0.15, 0.2) is 18.9 Å². The average molecular weight is 1620 g/mol. The molecule has 0 aromatic rings. The Morgan fingerprint density at radius 1 is 0.354 bits per heavy atom. The van der Waals surface area contributed by atoms with Gasteiger partial charge in [0.05, 0.1) is 71.7 Å². The van der Waals surface area contributed by atoms with Gasteiger partial charge in [-0.3, -0.25) is 47.9 Å². The summed E-state index contributed by atoms with van der Waals surface area (Å²) in [6.07, 6.45) is -1.97. The number of unbranched alkanes of at least 4 members (excludes halogenated alkanes) is 10. The molecule has 3 heterocycles. The summed E-state index contributed by atoms with van der Waals surface area (Å²) in [5.41, 5.74) is -1.43. The van der Waals surface area contributed by atoms with Gasteiger partial charge in [-0.1, -0.05) is 32.6 Å². The number of Topliss-reactive ketones (excluding diaryl/α,β-unsaturated/α-hetero) is 4. The van der Waals surface area contributed by atoms with Crippen LogP contribution in [0.2, 0.25) is 0 Å². The molecule has 3 saturated heterocycles. The van der Waals surface area contributed by atoms with Crippen LogP contribution < -0.4 is 31.9 Å². The third-order valence-corrected chi connectivity index (χ3v) is 19.6. The Balaban J connectivity index is 1.57. The lowest BCUT2D eigenvalue weighted by Gasteiger charge is -2.42. The van der Waals surface area contributed by atoms with E-state index in [9.17, 15) is 93.9 Å². The average Bonchev–Trinajstić information content (AvgIpc) is 0.777. The van der Waals surface area contributed by atoms with E-state index in [2.05, 4.69) is 31.9 Å². The Morgan fingerprint density at radius 2 is 0.681 bits per heavy atom. The van der Waals surface area contributed by atoms with Crippen molar-refractivity contribution in [2.45, 2.75) is 325 Å². The van der Waals surface area contributed by atoms with Gasteiger partial charge in [-0.25, -0.2) is 0 Å². The first-order chi connectivity index (χ1) is 54.1. The van der Waals surface area contributed by atoms with E-state index >= 15 is 0 Å². The molecule has 0 aromatic heterocycles. The highest BCUT2D eigenvalue weighted by Gasteiger charge is 2.47. The molecule has 35 heteroatoms. The standard InChI is InChI=1S/C78H138N6O29/c1-52(2)107-39-18-7-6-17-36-79-64(95)31-22-32-66(97)84-78(49-104-43-33-58(92)26-12-8-10-24-56(90)28-14-19-40-108-75-53(3)69(98)70(99)60(46-85)111-75,50-105-44-34-59(93)27-13-9-11-25-57(91)29-15-20-41-109-76-67(82-54(4)88)73(102)71(100)61(47-86)112-76)51-106-45-35-65(96)81-38-23-37-80-63(94)30-16-21-42-110-77-68(83-55(5)89)74(103)72(101)62(48-87)113-77/h52-53,60-62,67-77,85-87,98-103H,6-51H2,1-5H3,(H,79,95)(H,80,94)(H,81,96)(H,82,88)(H,83,89)(H,84,97)/t53?,60?,61?,62?,67?,68?,69-,70+,71+,72?,73-,74-,75-,76-,77-,78?/m1/s1. The minimum absolute atomic E-state index is 0.0155. The fourth-order valence-electron chi connectivity index (χ4n) is 12.9. The van der Waals surface area contributed by atoms with Gasteiger partial charge in [-0.2, -0.15) is 0 Å². The van der Waals surface area contributed by atoms with E-state index in [0.29, 0.717) is 116 Å². The molecule has 15 N–H and O–H groups in total. The van der Waals surface area contributed by atoms with Crippen molar-refractivity contribution in [2.75, 3.05) is 106 Å². The maximum atomic E-state index is 14.0. The number of rotatable bonds is 67. The van der Waals surface area contributed by atoms with Crippen LogP contribution in [0.15, 0.2) is 0 Å². The van der Waals surface area contributed by atoms with Crippen LogP contribution in [0, 0.1) is 5.92 Å². The highest BCUT2D eigenvalue weighted by Crippen LogP contribution is 2.28. The molecule has 8 unspecified atom stereocenters. The second-order valence-electron chi connectivity index (χ2n) is 30.0. The van der Waals surface area contributed by atoms with Crippen LogP contribution in [0.1, 0.15) is 227 Å². The smallest absolute Gasteiger partial charge is 0.222 e. The molecule has 0 aromatic carbocycles.